The summed E-state index contributed by atoms with van der Waals surface area (Å²) in [5.41, 5.74) is 7.50. The number of carbonyl (C=O) groups is 1. The Balaban J connectivity index is 2.02. The van der Waals surface area contributed by atoms with Gasteiger partial charge >= 0.3 is 0 Å². The Morgan fingerprint density at radius 1 is 1.58 bits per heavy atom. The Morgan fingerprint density at radius 3 is 2.68 bits per heavy atom. The minimum Gasteiger partial charge on any atom is -0.395 e. The molecule has 1 aliphatic carbocycles. The summed E-state index contributed by atoms with van der Waals surface area (Å²) in [5, 5.41) is 16.1. The van der Waals surface area contributed by atoms with E-state index in [2.05, 4.69) is 10.2 Å². The molecule has 0 unspecified atom stereocenters. The van der Waals surface area contributed by atoms with Crippen LogP contribution in [-0.2, 0) is 0 Å². The van der Waals surface area contributed by atoms with Crippen LogP contribution < -0.4 is 5.73 Å². The van der Waals surface area contributed by atoms with Crippen LogP contribution in [0.1, 0.15) is 48.8 Å². The van der Waals surface area contributed by atoms with E-state index in [0.717, 1.165) is 18.5 Å². The van der Waals surface area contributed by atoms with Gasteiger partial charge in [-0.1, -0.05) is 13.8 Å². The third kappa shape index (κ3) is 2.73. The first-order valence-electron chi connectivity index (χ1n) is 6.67. The van der Waals surface area contributed by atoms with Crippen molar-refractivity contribution in [2.75, 3.05) is 19.3 Å². The molecular formula is C13H22N4O2. The number of aromatic nitrogens is 2. The van der Waals surface area contributed by atoms with Crippen LogP contribution in [0.15, 0.2) is 0 Å². The van der Waals surface area contributed by atoms with Crippen molar-refractivity contribution in [3.8, 4) is 0 Å². The lowest BCUT2D eigenvalue weighted by Gasteiger charge is -2.34. The second-order valence-electron chi connectivity index (χ2n) is 5.73. The number of carbonyl (C=O) groups excluding carboxylic acids is 1. The lowest BCUT2D eigenvalue weighted by molar-refractivity contribution is 0.0264. The highest BCUT2D eigenvalue weighted by Gasteiger charge is 2.30. The predicted octanol–water partition coefficient (Wildman–Crippen LogP) is 0.958. The molecule has 6 nitrogen and oxygen atoms in total. The van der Waals surface area contributed by atoms with E-state index in [1.807, 2.05) is 13.8 Å². The summed E-state index contributed by atoms with van der Waals surface area (Å²) >= 11 is 0. The highest BCUT2D eigenvalue weighted by molar-refractivity contribution is 5.97. The van der Waals surface area contributed by atoms with E-state index < -0.39 is 0 Å². The van der Waals surface area contributed by atoms with Crippen molar-refractivity contribution < 1.29 is 9.90 Å². The van der Waals surface area contributed by atoms with E-state index in [-0.39, 0.29) is 17.9 Å². The Labute approximate surface area is 113 Å². The summed E-state index contributed by atoms with van der Waals surface area (Å²) in [4.78, 5) is 13.9. The first kappa shape index (κ1) is 13.9. The van der Waals surface area contributed by atoms with Crippen LogP contribution in [0.2, 0.25) is 0 Å². The van der Waals surface area contributed by atoms with Crippen molar-refractivity contribution in [3.63, 3.8) is 0 Å². The van der Waals surface area contributed by atoms with Crippen LogP contribution in [0.25, 0.3) is 0 Å². The summed E-state index contributed by atoms with van der Waals surface area (Å²) < 4.78 is 0. The average molecular weight is 266 g/mol. The topological polar surface area (TPSA) is 95.2 Å². The molecule has 0 radical (unpaired) electrons. The van der Waals surface area contributed by atoms with Gasteiger partial charge in [-0.05, 0) is 24.7 Å². The number of hydrogen-bond acceptors (Lipinski definition) is 4. The molecule has 0 aliphatic heterocycles. The maximum atomic E-state index is 12.3. The van der Waals surface area contributed by atoms with Gasteiger partial charge in [0, 0.05) is 13.6 Å². The van der Waals surface area contributed by atoms with Crippen LogP contribution in [0, 0.1) is 5.92 Å². The number of nitrogens with two attached hydrogens (primary N) is 1. The molecular weight excluding hydrogens is 244 g/mol. The second kappa shape index (κ2) is 5.21. The second-order valence-corrected chi connectivity index (χ2v) is 5.73. The molecule has 1 aliphatic rings. The molecule has 0 saturated heterocycles. The molecule has 1 amide bonds. The molecule has 0 bridgehead atoms. The van der Waals surface area contributed by atoms with Gasteiger partial charge < -0.3 is 15.7 Å². The molecule has 6 heteroatoms. The van der Waals surface area contributed by atoms with Crippen molar-refractivity contribution in [1.82, 2.24) is 15.1 Å². The Hall–Kier alpha value is -1.56. The lowest BCUT2D eigenvalue weighted by Crippen LogP contribution is -2.39. The van der Waals surface area contributed by atoms with Crippen LogP contribution in [0.3, 0.4) is 0 Å². The van der Waals surface area contributed by atoms with Crippen LogP contribution in [-0.4, -0.2) is 45.8 Å². The van der Waals surface area contributed by atoms with Gasteiger partial charge in [0.05, 0.1) is 17.5 Å². The van der Waals surface area contributed by atoms with E-state index >= 15 is 0 Å². The van der Waals surface area contributed by atoms with E-state index in [4.69, 9.17) is 5.73 Å². The average Bonchev–Trinajstić information content (AvgIpc) is 2.68. The number of aliphatic hydroxyl groups excluding tert-OH is 1. The molecule has 0 atom stereocenters. The highest BCUT2D eigenvalue weighted by atomic mass is 16.3. The molecule has 0 aromatic carbocycles. The smallest absolute Gasteiger partial charge is 0.276 e. The fraction of sp³-hybridized carbons (Fsp3) is 0.692. The number of rotatable bonds is 4. The normalized spacial score (nSPS) is 22.4. The molecule has 0 spiro atoms. The number of nitrogens with one attached hydrogen (secondary N) is 1. The Bertz CT molecular complexity index is 463. The summed E-state index contributed by atoms with van der Waals surface area (Å²) in [7, 11) is 1.75. The van der Waals surface area contributed by atoms with Crippen molar-refractivity contribution >= 4 is 11.6 Å². The largest absolute Gasteiger partial charge is 0.395 e. The van der Waals surface area contributed by atoms with Crippen LogP contribution >= 0.6 is 0 Å². The van der Waals surface area contributed by atoms with Crippen molar-refractivity contribution in [2.24, 2.45) is 5.92 Å². The molecule has 1 saturated carbocycles. The Morgan fingerprint density at radius 2 is 2.21 bits per heavy atom. The fourth-order valence-electron chi connectivity index (χ4n) is 2.47. The molecule has 1 aromatic rings. The zero-order valence-corrected chi connectivity index (χ0v) is 11.7. The summed E-state index contributed by atoms with van der Waals surface area (Å²) in [6, 6.07) is 0. The van der Waals surface area contributed by atoms with Gasteiger partial charge in [0.15, 0.2) is 5.69 Å². The molecule has 1 heterocycles. The molecule has 4 N–H and O–H groups in total. The van der Waals surface area contributed by atoms with Crippen molar-refractivity contribution in [2.45, 2.75) is 38.7 Å². The Kier molecular flexibility index (Phi) is 3.80. The zero-order valence-electron chi connectivity index (χ0n) is 11.7. The van der Waals surface area contributed by atoms with Crippen LogP contribution in [0.4, 0.5) is 5.69 Å². The number of aliphatic hydroxyl groups is 1. The van der Waals surface area contributed by atoms with E-state index in [0.29, 0.717) is 23.8 Å². The zero-order chi connectivity index (χ0) is 14.2. The number of nitrogens with zero attached hydrogens (tertiary/aromatic N) is 2. The van der Waals surface area contributed by atoms with E-state index in [1.165, 1.54) is 0 Å². The van der Waals surface area contributed by atoms with Gasteiger partial charge in [0.2, 0.25) is 0 Å². The number of amides is 1. The minimum atomic E-state index is -0.198. The van der Waals surface area contributed by atoms with Crippen LogP contribution in [0.5, 0.6) is 0 Å². The van der Waals surface area contributed by atoms with Gasteiger partial charge in [-0.2, -0.15) is 5.10 Å². The third-order valence-electron chi connectivity index (χ3n) is 3.70. The molecule has 2 rings (SSSR count). The quantitative estimate of drug-likeness (QED) is 0.756. The number of H-pyrrole nitrogens is 1. The maximum Gasteiger partial charge on any atom is 0.276 e. The molecule has 1 aromatic heterocycles. The van der Waals surface area contributed by atoms with Crippen molar-refractivity contribution in [1.29, 1.82) is 0 Å². The van der Waals surface area contributed by atoms with E-state index in [1.54, 1.807) is 11.9 Å². The number of nitrogen functional groups attached to an aromatic ring is 1. The number of hydrogen-bond donors (Lipinski definition) is 3. The SMILES string of the molecule is CC(C)c1[nH]nc(C(=O)N(C)CC2CC(O)C2)c1N. The van der Waals surface area contributed by atoms with Gasteiger partial charge in [0.25, 0.3) is 5.91 Å². The van der Waals surface area contributed by atoms with E-state index in [9.17, 15) is 9.90 Å². The van der Waals surface area contributed by atoms with Gasteiger partial charge in [-0.25, -0.2) is 0 Å². The lowest BCUT2D eigenvalue weighted by atomic mass is 9.82. The standard InChI is InChI=1S/C13H22N4O2/c1-7(2)11-10(14)12(16-15-11)13(19)17(3)6-8-4-9(18)5-8/h7-9,18H,4-6,14H2,1-3H3,(H,15,16). The number of aromatic amines is 1. The summed E-state index contributed by atoms with van der Waals surface area (Å²) in [6.45, 7) is 4.63. The fourth-order valence-corrected chi connectivity index (χ4v) is 2.47. The summed E-state index contributed by atoms with van der Waals surface area (Å²) in [5.74, 6) is 0.428. The summed E-state index contributed by atoms with van der Waals surface area (Å²) in [6.07, 6.45) is 1.34. The van der Waals surface area contributed by atoms with Gasteiger partial charge in [-0.3, -0.25) is 9.89 Å². The monoisotopic (exact) mass is 266 g/mol. The highest BCUT2D eigenvalue weighted by Crippen LogP contribution is 2.28. The van der Waals surface area contributed by atoms with Gasteiger partial charge in [0.1, 0.15) is 0 Å². The number of anilines is 1. The molecule has 19 heavy (non-hydrogen) atoms. The first-order chi connectivity index (χ1) is 8.90. The predicted molar refractivity (Wildman–Crippen MR) is 72.8 cm³/mol. The third-order valence-corrected chi connectivity index (χ3v) is 3.70. The van der Waals surface area contributed by atoms with Crippen molar-refractivity contribution in [3.05, 3.63) is 11.4 Å². The molecule has 106 valence electrons. The molecule has 1 fully saturated rings. The minimum absolute atomic E-state index is 0.165. The van der Waals surface area contributed by atoms with Gasteiger partial charge in [-0.15, -0.1) is 0 Å². The first-order valence-corrected chi connectivity index (χ1v) is 6.67. The maximum absolute atomic E-state index is 12.3.